The minimum atomic E-state index is -0.443. The number of methoxy groups -OCH3 is 1. The van der Waals surface area contributed by atoms with Gasteiger partial charge >= 0.3 is 0 Å². The Kier molecular flexibility index (Phi) is 4.41. The SMILES string of the molecule is COc1ccc(C2(C(=O)N[C@@H](c3ccccn3)C3CC(O)C3)CC2)cc1. The number of nitrogens with one attached hydrogen (secondary N) is 1. The highest BCUT2D eigenvalue weighted by molar-refractivity contribution is 5.91. The molecule has 5 heteroatoms. The molecular formula is C21H24N2O3. The normalized spacial score (nSPS) is 24.2. The first-order valence-corrected chi connectivity index (χ1v) is 9.17. The molecule has 0 radical (unpaired) electrons. The van der Waals surface area contributed by atoms with Crippen LogP contribution in [0.25, 0.3) is 0 Å². The largest absolute Gasteiger partial charge is 0.497 e. The average molecular weight is 352 g/mol. The predicted octanol–water partition coefficient (Wildman–Crippen LogP) is 2.75. The Balaban J connectivity index is 1.54. The standard InChI is InChI=1S/C21H24N2O3/c1-26-17-7-5-15(6-8-17)21(9-10-21)20(25)23-19(14-12-16(24)13-14)18-4-2-3-11-22-18/h2-8,11,14,16,19,24H,9-10,12-13H2,1H3,(H,23,25)/t14?,16?,19-/m1/s1. The van der Waals surface area contributed by atoms with Crippen molar-refractivity contribution in [2.45, 2.75) is 43.2 Å². The molecule has 2 N–H and O–H groups in total. The second-order valence-corrected chi connectivity index (χ2v) is 7.40. The molecule has 4 rings (SSSR count). The molecule has 1 aromatic heterocycles. The van der Waals surface area contributed by atoms with Gasteiger partial charge in [-0.05, 0) is 61.4 Å². The molecule has 1 aromatic carbocycles. The molecule has 2 fully saturated rings. The minimum absolute atomic E-state index is 0.0553. The van der Waals surface area contributed by atoms with E-state index >= 15 is 0 Å². The van der Waals surface area contributed by atoms with Crippen molar-refractivity contribution < 1.29 is 14.6 Å². The number of rotatable bonds is 6. The molecule has 0 saturated heterocycles. The van der Waals surface area contributed by atoms with Gasteiger partial charge in [0, 0.05) is 6.20 Å². The van der Waals surface area contributed by atoms with Crippen molar-refractivity contribution in [3.8, 4) is 5.75 Å². The van der Waals surface area contributed by atoms with Gasteiger partial charge in [-0.3, -0.25) is 9.78 Å². The zero-order valence-corrected chi connectivity index (χ0v) is 14.9. The van der Waals surface area contributed by atoms with Crippen LogP contribution in [0.5, 0.6) is 5.75 Å². The van der Waals surface area contributed by atoms with Crippen LogP contribution in [-0.4, -0.2) is 29.2 Å². The van der Waals surface area contributed by atoms with E-state index in [4.69, 9.17) is 4.74 Å². The highest BCUT2D eigenvalue weighted by Crippen LogP contribution is 2.49. The summed E-state index contributed by atoms with van der Waals surface area (Å²) in [4.78, 5) is 17.6. The number of aliphatic hydroxyl groups is 1. The summed E-state index contributed by atoms with van der Waals surface area (Å²) < 4.78 is 5.22. The first kappa shape index (κ1) is 17.0. The number of aromatic nitrogens is 1. The van der Waals surface area contributed by atoms with Crippen molar-refractivity contribution in [1.29, 1.82) is 0 Å². The number of nitrogens with zero attached hydrogens (tertiary/aromatic N) is 1. The van der Waals surface area contributed by atoms with Gasteiger partial charge in [0.05, 0.1) is 30.4 Å². The molecule has 136 valence electrons. The number of aliphatic hydroxyl groups excluding tert-OH is 1. The number of benzene rings is 1. The summed E-state index contributed by atoms with van der Waals surface area (Å²) in [6, 6.07) is 13.4. The van der Waals surface area contributed by atoms with E-state index in [9.17, 15) is 9.90 Å². The minimum Gasteiger partial charge on any atom is -0.497 e. The maximum atomic E-state index is 13.2. The Morgan fingerprint density at radius 3 is 2.50 bits per heavy atom. The lowest BCUT2D eigenvalue weighted by atomic mass is 9.76. The van der Waals surface area contributed by atoms with E-state index in [1.807, 2.05) is 42.5 Å². The van der Waals surface area contributed by atoms with Crippen LogP contribution in [0.4, 0.5) is 0 Å². The van der Waals surface area contributed by atoms with Crippen LogP contribution in [0.15, 0.2) is 48.7 Å². The molecule has 1 atom stereocenters. The number of carbonyl (C=O) groups is 1. The van der Waals surface area contributed by atoms with E-state index in [1.54, 1.807) is 13.3 Å². The zero-order valence-electron chi connectivity index (χ0n) is 14.9. The lowest BCUT2D eigenvalue weighted by Crippen LogP contribution is -2.45. The molecule has 1 heterocycles. The van der Waals surface area contributed by atoms with Crippen molar-refractivity contribution in [2.75, 3.05) is 7.11 Å². The van der Waals surface area contributed by atoms with Gasteiger partial charge in [-0.15, -0.1) is 0 Å². The summed E-state index contributed by atoms with van der Waals surface area (Å²) in [6.07, 6.45) is 4.61. The van der Waals surface area contributed by atoms with Crippen molar-refractivity contribution >= 4 is 5.91 Å². The molecule has 0 bridgehead atoms. The summed E-state index contributed by atoms with van der Waals surface area (Å²) in [5, 5.41) is 12.9. The van der Waals surface area contributed by atoms with E-state index in [2.05, 4.69) is 10.3 Å². The number of hydrogen-bond donors (Lipinski definition) is 2. The van der Waals surface area contributed by atoms with Gasteiger partial charge in [0.15, 0.2) is 0 Å². The van der Waals surface area contributed by atoms with Gasteiger partial charge in [-0.2, -0.15) is 0 Å². The zero-order chi connectivity index (χ0) is 18.1. The number of carbonyl (C=O) groups excluding carboxylic acids is 1. The lowest BCUT2D eigenvalue weighted by molar-refractivity contribution is -0.125. The maximum absolute atomic E-state index is 13.2. The third-order valence-electron chi connectivity index (χ3n) is 5.74. The van der Waals surface area contributed by atoms with Gasteiger partial charge in [-0.1, -0.05) is 18.2 Å². The fourth-order valence-corrected chi connectivity index (χ4v) is 3.86. The molecule has 0 unspecified atom stereocenters. The Labute approximate surface area is 153 Å². The Morgan fingerprint density at radius 2 is 1.96 bits per heavy atom. The highest BCUT2D eigenvalue weighted by atomic mass is 16.5. The number of pyridine rings is 1. The van der Waals surface area contributed by atoms with E-state index < -0.39 is 5.41 Å². The molecule has 0 aliphatic heterocycles. The Bertz CT molecular complexity index is 766. The second-order valence-electron chi connectivity index (χ2n) is 7.40. The molecule has 2 aliphatic rings. The van der Waals surface area contributed by atoms with Crippen LogP contribution in [0.3, 0.4) is 0 Å². The van der Waals surface area contributed by atoms with Crippen LogP contribution < -0.4 is 10.1 Å². The average Bonchev–Trinajstić information content (AvgIpc) is 3.46. The first-order valence-electron chi connectivity index (χ1n) is 9.17. The Hall–Kier alpha value is -2.40. The third-order valence-corrected chi connectivity index (χ3v) is 5.74. The number of amides is 1. The lowest BCUT2D eigenvalue weighted by Gasteiger charge is -2.38. The molecular weight excluding hydrogens is 328 g/mol. The van der Waals surface area contributed by atoms with Crippen LogP contribution >= 0.6 is 0 Å². The van der Waals surface area contributed by atoms with Gasteiger partial charge in [-0.25, -0.2) is 0 Å². The molecule has 2 aromatic rings. The molecule has 26 heavy (non-hydrogen) atoms. The molecule has 5 nitrogen and oxygen atoms in total. The quantitative estimate of drug-likeness (QED) is 0.839. The van der Waals surface area contributed by atoms with Gasteiger partial charge < -0.3 is 15.2 Å². The maximum Gasteiger partial charge on any atom is 0.231 e. The molecule has 2 aliphatic carbocycles. The van der Waals surface area contributed by atoms with Gasteiger partial charge in [0.25, 0.3) is 0 Å². The van der Waals surface area contributed by atoms with Crippen molar-refractivity contribution in [1.82, 2.24) is 10.3 Å². The predicted molar refractivity (Wildman–Crippen MR) is 97.8 cm³/mol. The summed E-state index contributed by atoms with van der Waals surface area (Å²) in [6.45, 7) is 0. The van der Waals surface area contributed by atoms with E-state index in [0.29, 0.717) is 12.8 Å². The smallest absolute Gasteiger partial charge is 0.231 e. The third kappa shape index (κ3) is 3.07. The highest BCUT2D eigenvalue weighted by Gasteiger charge is 2.52. The topological polar surface area (TPSA) is 71.5 Å². The second kappa shape index (κ2) is 6.72. The van der Waals surface area contributed by atoms with Crippen molar-refractivity contribution in [3.05, 3.63) is 59.9 Å². The van der Waals surface area contributed by atoms with Crippen molar-refractivity contribution in [2.24, 2.45) is 5.92 Å². The fraction of sp³-hybridized carbons (Fsp3) is 0.429. The van der Waals surface area contributed by atoms with E-state index in [-0.39, 0.29) is 24.0 Å². The number of ether oxygens (including phenoxy) is 1. The summed E-state index contributed by atoms with van der Waals surface area (Å²) in [5.74, 6) is 1.08. The van der Waals surface area contributed by atoms with Crippen LogP contribution in [0, 0.1) is 5.92 Å². The van der Waals surface area contributed by atoms with Gasteiger partial charge in [0.2, 0.25) is 5.91 Å². The summed E-state index contributed by atoms with van der Waals surface area (Å²) in [5.41, 5.74) is 1.45. The molecule has 0 spiro atoms. The monoisotopic (exact) mass is 352 g/mol. The summed E-state index contributed by atoms with van der Waals surface area (Å²) >= 11 is 0. The summed E-state index contributed by atoms with van der Waals surface area (Å²) in [7, 11) is 1.64. The van der Waals surface area contributed by atoms with E-state index in [1.165, 1.54) is 0 Å². The first-order chi connectivity index (χ1) is 12.6. The fourth-order valence-electron chi connectivity index (χ4n) is 3.86. The Morgan fingerprint density at radius 1 is 1.23 bits per heavy atom. The van der Waals surface area contributed by atoms with Crippen LogP contribution in [0.2, 0.25) is 0 Å². The van der Waals surface area contributed by atoms with E-state index in [0.717, 1.165) is 29.8 Å². The van der Waals surface area contributed by atoms with Crippen molar-refractivity contribution in [3.63, 3.8) is 0 Å². The molecule has 1 amide bonds. The van der Waals surface area contributed by atoms with Gasteiger partial charge in [0.1, 0.15) is 5.75 Å². The molecule has 2 saturated carbocycles. The van der Waals surface area contributed by atoms with Crippen LogP contribution in [-0.2, 0) is 10.2 Å². The number of hydrogen-bond acceptors (Lipinski definition) is 4. The van der Waals surface area contributed by atoms with Crippen LogP contribution in [0.1, 0.15) is 43.0 Å².